The number of sulfone groups is 1. The molecule has 228 valence electrons. The van der Waals surface area contributed by atoms with Gasteiger partial charge in [0.25, 0.3) is 15.7 Å². The SMILES string of the molecule is CCc1cnc(-c2cc(C(=O)N[C@@H]3[C@H]4CC[C@H](C4)[C@@H]3C(=O)Nc3cccc(S(=O)(=O)C(F)(F)F)c3)c(OC)cc2F)nc1. The molecule has 0 aliphatic heterocycles. The molecule has 2 saturated carbocycles. The van der Waals surface area contributed by atoms with Crippen LogP contribution < -0.4 is 15.4 Å². The summed E-state index contributed by atoms with van der Waals surface area (Å²) in [5.41, 5.74) is -4.77. The van der Waals surface area contributed by atoms with Crippen LogP contribution in [0.5, 0.6) is 5.75 Å². The average molecular weight is 621 g/mol. The maximum Gasteiger partial charge on any atom is 0.501 e. The van der Waals surface area contributed by atoms with Crippen LogP contribution in [0.3, 0.4) is 0 Å². The molecule has 0 spiro atoms. The monoisotopic (exact) mass is 620 g/mol. The Labute approximate surface area is 245 Å². The molecule has 0 radical (unpaired) electrons. The molecule has 1 aromatic heterocycles. The van der Waals surface area contributed by atoms with E-state index in [2.05, 4.69) is 20.6 Å². The van der Waals surface area contributed by atoms with Crippen molar-refractivity contribution in [3.05, 3.63) is 65.7 Å². The number of aromatic nitrogens is 2. The first-order valence-electron chi connectivity index (χ1n) is 13.6. The van der Waals surface area contributed by atoms with Crippen LogP contribution in [0.2, 0.25) is 0 Å². The van der Waals surface area contributed by atoms with Gasteiger partial charge in [0.2, 0.25) is 5.91 Å². The summed E-state index contributed by atoms with van der Waals surface area (Å²) >= 11 is 0. The summed E-state index contributed by atoms with van der Waals surface area (Å²) in [6.07, 6.45) is 5.94. The lowest BCUT2D eigenvalue weighted by atomic mass is 9.83. The van der Waals surface area contributed by atoms with Gasteiger partial charge in [0.1, 0.15) is 11.6 Å². The predicted molar refractivity (Wildman–Crippen MR) is 147 cm³/mol. The van der Waals surface area contributed by atoms with E-state index in [-0.39, 0.29) is 40.2 Å². The number of carbonyl (C=O) groups excluding carboxylic acids is 2. The molecule has 2 bridgehead atoms. The molecular weight excluding hydrogens is 592 g/mol. The summed E-state index contributed by atoms with van der Waals surface area (Å²) < 4.78 is 83.1. The van der Waals surface area contributed by atoms with Gasteiger partial charge in [-0.05, 0) is 67.3 Å². The first-order valence-corrected chi connectivity index (χ1v) is 15.0. The Balaban J connectivity index is 1.39. The van der Waals surface area contributed by atoms with Gasteiger partial charge in [0.05, 0.1) is 29.1 Å². The summed E-state index contributed by atoms with van der Waals surface area (Å²) in [5, 5.41) is 5.44. The second kappa shape index (κ2) is 11.5. The van der Waals surface area contributed by atoms with Crippen LogP contribution >= 0.6 is 0 Å². The maximum atomic E-state index is 15.0. The largest absolute Gasteiger partial charge is 0.501 e. The minimum atomic E-state index is -5.61. The fourth-order valence-corrected chi connectivity index (χ4v) is 6.76. The number of aryl methyl sites for hydroxylation is 1. The van der Waals surface area contributed by atoms with Gasteiger partial charge < -0.3 is 15.4 Å². The van der Waals surface area contributed by atoms with E-state index >= 15 is 0 Å². The van der Waals surface area contributed by atoms with Crippen molar-refractivity contribution in [1.29, 1.82) is 0 Å². The van der Waals surface area contributed by atoms with Crippen LogP contribution in [0, 0.1) is 23.6 Å². The number of nitrogens with zero attached hydrogens (tertiary/aromatic N) is 2. The normalized spacial score (nSPS) is 21.4. The van der Waals surface area contributed by atoms with E-state index in [1.807, 2.05) is 6.92 Å². The van der Waals surface area contributed by atoms with Crippen LogP contribution in [-0.4, -0.2) is 48.9 Å². The van der Waals surface area contributed by atoms with Gasteiger partial charge in [-0.25, -0.2) is 22.8 Å². The number of halogens is 4. The fraction of sp³-hybridized carbons (Fsp3) is 0.379. The van der Waals surface area contributed by atoms with Crippen molar-refractivity contribution in [2.45, 2.75) is 49.1 Å². The predicted octanol–water partition coefficient (Wildman–Crippen LogP) is 4.93. The molecule has 1 heterocycles. The van der Waals surface area contributed by atoms with Crippen molar-refractivity contribution in [3.63, 3.8) is 0 Å². The molecule has 14 heteroatoms. The summed E-state index contributed by atoms with van der Waals surface area (Å²) in [6, 6.07) is 5.66. The standard InChI is InChI=1S/C29H28F4N4O5S/c1-3-15-13-34-26(35-14-15)20-11-21(23(42-2)12-22(20)30)27(38)37-25-17-8-7-16(9-17)24(25)28(39)36-18-5-4-6-19(10-18)43(40,41)29(31,32)33/h4-6,10-14,16-17,24-25H,3,7-9H2,1-2H3,(H,36,39)(H,37,38)/t16-,17+,24+,25-/m1/s1. The third-order valence-corrected chi connectivity index (χ3v) is 9.61. The Bertz CT molecular complexity index is 1660. The Hall–Kier alpha value is -4.07. The van der Waals surface area contributed by atoms with Crippen molar-refractivity contribution in [2.24, 2.45) is 17.8 Å². The van der Waals surface area contributed by atoms with E-state index in [1.54, 1.807) is 12.4 Å². The van der Waals surface area contributed by atoms with Crippen LogP contribution in [0.25, 0.3) is 11.4 Å². The molecule has 9 nitrogen and oxygen atoms in total. The zero-order valence-electron chi connectivity index (χ0n) is 23.1. The highest BCUT2D eigenvalue weighted by Gasteiger charge is 2.52. The number of carbonyl (C=O) groups is 2. The molecule has 0 unspecified atom stereocenters. The minimum absolute atomic E-state index is 0.00839. The molecule has 2 aliphatic rings. The number of nitrogens with one attached hydrogen (secondary N) is 2. The summed E-state index contributed by atoms with van der Waals surface area (Å²) in [6.45, 7) is 1.92. The third kappa shape index (κ3) is 5.79. The van der Waals surface area contributed by atoms with Crippen molar-refractivity contribution >= 4 is 27.3 Å². The van der Waals surface area contributed by atoms with E-state index in [0.29, 0.717) is 19.3 Å². The topological polar surface area (TPSA) is 127 Å². The van der Waals surface area contributed by atoms with Gasteiger partial charge >= 0.3 is 5.51 Å². The van der Waals surface area contributed by atoms with Gasteiger partial charge in [0.15, 0.2) is 5.82 Å². The lowest BCUT2D eigenvalue weighted by Gasteiger charge is -2.31. The van der Waals surface area contributed by atoms with Crippen LogP contribution in [0.1, 0.15) is 42.1 Å². The molecule has 2 aromatic carbocycles. The molecule has 4 atom stereocenters. The number of anilines is 1. The Kier molecular flexibility index (Phi) is 8.16. The Morgan fingerprint density at radius 3 is 2.42 bits per heavy atom. The van der Waals surface area contributed by atoms with E-state index in [4.69, 9.17) is 4.74 Å². The number of amides is 2. The van der Waals surface area contributed by atoms with E-state index in [9.17, 15) is 35.6 Å². The zero-order chi connectivity index (χ0) is 31.1. The number of hydrogen-bond donors (Lipinski definition) is 2. The van der Waals surface area contributed by atoms with Crippen molar-refractivity contribution < 1.29 is 40.3 Å². The number of rotatable bonds is 8. The van der Waals surface area contributed by atoms with Crippen LogP contribution in [-0.2, 0) is 21.1 Å². The molecule has 2 aliphatic carbocycles. The summed E-state index contributed by atoms with van der Waals surface area (Å²) in [5.74, 6) is -2.70. The van der Waals surface area contributed by atoms with Crippen LogP contribution in [0.15, 0.2) is 53.7 Å². The molecule has 43 heavy (non-hydrogen) atoms. The van der Waals surface area contributed by atoms with E-state index in [1.165, 1.54) is 19.2 Å². The molecule has 0 saturated heterocycles. The lowest BCUT2D eigenvalue weighted by molar-refractivity contribution is -0.122. The molecule has 2 fully saturated rings. The number of hydrogen-bond acceptors (Lipinski definition) is 7. The van der Waals surface area contributed by atoms with Crippen molar-refractivity contribution in [2.75, 3.05) is 12.4 Å². The maximum absolute atomic E-state index is 15.0. The quantitative estimate of drug-likeness (QED) is 0.342. The second-order valence-electron chi connectivity index (χ2n) is 10.6. The molecule has 2 N–H and O–H groups in total. The second-order valence-corrected chi connectivity index (χ2v) is 12.6. The number of alkyl halides is 3. The highest BCUT2D eigenvalue weighted by Crippen LogP contribution is 2.49. The van der Waals surface area contributed by atoms with Gasteiger partial charge in [-0.15, -0.1) is 0 Å². The highest BCUT2D eigenvalue weighted by molar-refractivity contribution is 7.92. The van der Waals surface area contributed by atoms with Crippen molar-refractivity contribution in [1.82, 2.24) is 15.3 Å². The molecular formula is C29H28F4N4O5S. The van der Waals surface area contributed by atoms with Crippen molar-refractivity contribution in [3.8, 4) is 17.1 Å². The summed E-state index contributed by atoms with van der Waals surface area (Å²) in [7, 11) is -4.32. The first-order chi connectivity index (χ1) is 20.3. The van der Waals surface area contributed by atoms with Gasteiger partial charge in [-0.1, -0.05) is 13.0 Å². The fourth-order valence-electron chi connectivity index (χ4n) is 5.95. The Morgan fingerprint density at radius 1 is 1.07 bits per heavy atom. The minimum Gasteiger partial charge on any atom is -0.496 e. The highest BCUT2D eigenvalue weighted by atomic mass is 32.2. The number of benzene rings is 2. The number of methoxy groups -OCH3 is 1. The van der Waals surface area contributed by atoms with Gasteiger partial charge in [-0.3, -0.25) is 9.59 Å². The van der Waals surface area contributed by atoms with Gasteiger partial charge in [0, 0.05) is 30.2 Å². The summed E-state index contributed by atoms with van der Waals surface area (Å²) in [4.78, 5) is 34.4. The molecule has 5 rings (SSSR count). The van der Waals surface area contributed by atoms with Gasteiger partial charge in [-0.2, -0.15) is 13.2 Å². The van der Waals surface area contributed by atoms with Crippen LogP contribution in [0.4, 0.5) is 23.2 Å². The third-order valence-electron chi connectivity index (χ3n) is 8.12. The van der Waals surface area contributed by atoms with E-state index < -0.39 is 49.8 Å². The van der Waals surface area contributed by atoms with E-state index in [0.717, 1.165) is 36.2 Å². The molecule has 3 aromatic rings. The average Bonchev–Trinajstić information content (AvgIpc) is 3.58. The first kappa shape index (κ1) is 30.4. The smallest absolute Gasteiger partial charge is 0.496 e. The number of fused-ring (bicyclic) bond motifs is 2. The zero-order valence-corrected chi connectivity index (χ0v) is 23.9. The Morgan fingerprint density at radius 2 is 1.77 bits per heavy atom. The molecule has 2 amide bonds. The number of ether oxygens (including phenoxy) is 1. The lowest BCUT2D eigenvalue weighted by Crippen LogP contribution is -2.48.